The molecule has 106 valence electrons. The van der Waals surface area contributed by atoms with E-state index in [4.69, 9.17) is 15.6 Å². The van der Waals surface area contributed by atoms with Crippen LogP contribution in [-0.2, 0) is 14.8 Å². The van der Waals surface area contributed by atoms with Crippen LogP contribution in [0.15, 0.2) is 18.2 Å². The molecule has 0 spiro atoms. The second-order valence-electron chi connectivity index (χ2n) is 3.88. The number of nitrogens with two attached hydrogens (primary N) is 1. The maximum absolute atomic E-state index is 11.8. The highest BCUT2D eigenvalue weighted by Gasteiger charge is 2.16. The number of nitrogens with one attached hydrogen (secondary N) is 1. The topological polar surface area (TPSA) is 119 Å². The molecule has 0 unspecified atom stereocenters. The third-order valence-electron chi connectivity index (χ3n) is 2.30. The Morgan fingerprint density at radius 2 is 2.16 bits per heavy atom. The normalized spacial score (nSPS) is 11.2. The van der Waals surface area contributed by atoms with Crippen molar-refractivity contribution in [1.29, 1.82) is 0 Å². The number of carboxylic acid groups (broad SMARTS) is 1. The first-order chi connectivity index (χ1) is 8.85. The Morgan fingerprint density at radius 1 is 1.47 bits per heavy atom. The minimum Gasteiger partial charge on any atom is -0.478 e. The number of carbonyl (C=O) groups is 1. The monoisotopic (exact) mass is 288 g/mol. The number of rotatable bonds is 7. The number of ether oxygens (including phenoxy) is 1. The molecule has 1 aromatic carbocycles. The molecule has 4 N–H and O–H groups in total. The zero-order valence-corrected chi connectivity index (χ0v) is 11.2. The summed E-state index contributed by atoms with van der Waals surface area (Å²) in [7, 11) is -2.16. The van der Waals surface area contributed by atoms with Gasteiger partial charge >= 0.3 is 5.97 Å². The fraction of sp³-hybridized carbons (Fsp3) is 0.364. The zero-order chi connectivity index (χ0) is 14.5. The first kappa shape index (κ1) is 15.3. The fourth-order valence-electron chi connectivity index (χ4n) is 1.44. The van der Waals surface area contributed by atoms with Crippen LogP contribution < -0.4 is 10.5 Å². The maximum Gasteiger partial charge on any atom is 0.337 e. The van der Waals surface area contributed by atoms with Gasteiger partial charge in [-0.25, -0.2) is 13.2 Å². The van der Waals surface area contributed by atoms with Crippen LogP contribution in [0.4, 0.5) is 11.4 Å². The zero-order valence-electron chi connectivity index (χ0n) is 10.4. The summed E-state index contributed by atoms with van der Waals surface area (Å²) in [5.41, 5.74) is 5.61. The highest BCUT2D eigenvalue weighted by Crippen LogP contribution is 2.20. The fourth-order valence-corrected chi connectivity index (χ4v) is 2.55. The number of aromatic carboxylic acids is 1. The standard InChI is InChI=1S/C11H16N2O5S/c1-18-5-2-6-19(16,17)13-10-7-8(12)3-4-9(10)11(14)15/h3-4,7,13H,2,5-6,12H2,1H3,(H,14,15). The van der Waals surface area contributed by atoms with Crippen molar-refractivity contribution >= 4 is 27.4 Å². The lowest BCUT2D eigenvalue weighted by molar-refractivity contribution is 0.0698. The molecule has 0 aliphatic rings. The van der Waals surface area contributed by atoms with Gasteiger partial charge in [0, 0.05) is 19.4 Å². The van der Waals surface area contributed by atoms with Gasteiger partial charge in [-0.15, -0.1) is 0 Å². The smallest absolute Gasteiger partial charge is 0.337 e. The van der Waals surface area contributed by atoms with E-state index in [1.165, 1.54) is 25.3 Å². The van der Waals surface area contributed by atoms with Gasteiger partial charge in [-0.1, -0.05) is 0 Å². The first-order valence-corrected chi connectivity index (χ1v) is 7.13. The van der Waals surface area contributed by atoms with Crippen LogP contribution in [-0.4, -0.2) is 39.0 Å². The Balaban J connectivity index is 2.92. The highest BCUT2D eigenvalue weighted by atomic mass is 32.2. The minimum atomic E-state index is -3.63. The average Bonchev–Trinajstić information content (AvgIpc) is 2.28. The van der Waals surface area contributed by atoms with Gasteiger partial charge in [0.2, 0.25) is 10.0 Å². The molecule has 0 aromatic heterocycles. The molecule has 0 fully saturated rings. The summed E-state index contributed by atoms with van der Waals surface area (Å²) in [6, 6.07) is 3.92. The molecule has 0 aliphatic heterocycles. The van der Waals surface area contributed by atoms with Gasteiger partial charge in [-0.2, -0.15) is 0 Å². The summed E-state index contributed by atoms with van der Waals surface area (Å²) in [5, 5.41) is 8.97. The van der Waals surface area contributed by atoms with E-state index in [-0.39, 0.29) is 22.7 Å². The van der Waals surface area contributed by atoms with Crippen molar-refractivity contribution in [1.82, 2.24) is 0 Å². The number of sulfonamides is 1. The Hall–Kier alpha value is -1.80. The number of hydrogen-bond acceptors (Lipinski definition) is 5. The Labute approximate surface area is 111 Å². The summed E-state index contributed by atoms with van der Waals surface area (Å²) in [6.07, 6.45) is 0.316. The molecule has 0 heterocycles. The van der Waals surface area contributed by atoms with E-state index in [2.05, 4.69) is 4.72 Å². The van der Waals surface area contributed by atoms with Gasteiger partial charge in [0.25, 0.3) is 0 Å². The number of benzene rings is 1. The largest absolute Gasteiger partial charge is 0.478 e. The summed E-state index contributed by atoms with van der Waals surface area (Å²) in [6.45, 7) is 0.309. The van der Waals surface area contributed by atoms with Crippen LogP contribution in [0.1, 0.15) is 16.8 Å². The van der Waals surface area contributed by atoms with Gasteiger partial charge in [0.05, 0.1) is 17.0 Å². The molecule has 8 heteroatoms. The third-order valence-corrected chi connectivity index (χ3v) is 3.66. The molecule has 0 aliphatic carbocycles. The number of anilines is 2. The molecule has 0 saturated carbocycles. The van der Waals surface area contributed by atoms with E-state index < -0.39 is 16.0 Å². The van der Waals surface area contributed by atoms with Gasteiger partial charge in [0.15, 0.2) is 0 Å². The van der Waals surface area contributed by atoms with Crippen molar-refractivity contribution in [2.75, 3.05) is 29.9 Å². The molecule has 0 amide bonds. The van der Waals surface area contributed by atoms with Crippen LogP contribution in [0.5, 0.6) is 0 Å². The van der Waals surface area contributed by atoms with E-state index >= 15 is 0 Å². The van der Waals surface area contributed by atoms with E-state index in [0.717, 1.165) is 0 Å². The van der Waals surface area contributed by atoms with Crippen molar-refractivity contribution in [2.45, 2.75) is 6.42 Å². The summed E-state index contributed by atoms with van der Waals surface area (Å²) in [4.78, 5) is 11.0. The lowest BCUT2D eigenvalue weighted by Gasteiger charge is -2.11. The van der Waals surface area contributed by atoms with Crippen LogP contribution in [0.2, 0.25) is 0 Å². The first-order valence-electron chi connectivity index (χ1n) is 5.48. The van der Waals surface area contributed by atoms with Gasteiger partial charge in [-0.05, 0) is 24.6 Å². The second-order valence-corrected chi connectivity index (χ2v) is 5.72. The van der Waals surface area contributed by atoms with Crippen molar-refractivity contribution in [2.24, 2.45) is 0 Å². The summed E-state index contributed by atoms with van der Waals surface area (Å²) >= 11 is 0. The minimum absolute atomic E-state index is 0.0371. The van der Waals surface area contributed by atoms with E-state index in [1.807, 2.05) is 0 Å². The number of nitrogen functional groups attached to an aromatic ring is 1. The number of hydrogen-bond donors (Lipinski definition) is 3. The van der Waals surface area contributed by atoms with Gasteiger partial charge in [0.1, 0.15) is 0 Å². The number of carboxylic acids is 1. The van der Waals surface area contributed by atoms with Crippen LogP contribution >= 0.6 is 0 Å². The quantitative estimate of drug-likeness (QED) is 0.503. The molecule has 0 bridgehead atoms. The van der Waals surface area contributed by atoms with E-state index in [1.54, 1.807) is 0 Å². The summed E-state index contributed by atoms with van der Waals surface area (Å²) < 4.78 is 30.5. The van der Waals surface area contributed by atoms with Crippen LogP contribution in [0.3, 0.4) is 0 Å². The van der Waals surface area contributed by atoms with Crippen molar-refractivity contribution in [3.63, 3.8) is 0 Å². The molecule has 19 heavy (non-hydrogen) atoms. The van der Waals surface area contributed by atoms with Gasteiger partial charge in [-0.3, -0.25) is 4.72 Å². The lowest BCUT2D eigenvalue weighted by atomic mass is 10.1. The highest BCUT2D eigenvalue weighted by molar-refractivity contribution is 7.92. The van der Waals surface area contributed by atoms with Crippen molar-refractivity contribution < 1.29 is 23.1 Å². The number of methoxy groups -OCH3 is 1. The molecule has 0 radical (unpaired) electrons. The van der Waals surface area contributed by atoms with Crippen LogP contribution in [0, 0.1) is 0 Å². The lowest BCUT2D eigenvalue weighted by Crippen LogP contribution is -2.19. The predicted octanol–water partition coefficient (Wildman–Crippen LogP) is 0.745. The molecule has 1 aromatic rings. The predicted molar refractivity (Wildman–Crippen MR) is 71.7 cm³/mol. The third kappa shape index (κ3) is 4.76. The maximum atomic E-state index is 11.8. The SMILES string of the molecule is COCCCS(=O)(=O)Nc1cc(N)ccc1C(=O)O. The molecule has 0 saturated heterocycles. The average molecular weight is 288 g/mol. The van der Waals surface area contributed by atoms with Crippen molar-refractivity contribution in [3.8, 4) is 0 Å². The van der Waals surface area contributed by atoms with Crippen LogP contribution in [0.25, 0.3) is 0 Å². The van der Waals surface area contributed by atoms with Gasteiger partial charge < -0.3 is 15.6 Å². The Kier molecular flexibility index (Phi) is 5.13. The molecule has 0 atom stereocenters. The van der Waals surface area contributed by atoms with Crippen molar-refractivity contribution in [3.05, 3.63) is 23.8 Å². The molecule has 7 nitrogen and oxygen atoms in total. The summed E-state index contributed by atoms with van der Waals surface area (Å²) in [5.74, 6) is -1.39. The molecular formula is C11H16N2O5S. The van der Waals surface area contributed by atoms with E-state index in [0.29, 0.717) is 13.0 Å². The molecule has 1 rings (SSSR count). The van der Waals surface area contributed by atoms with E-state index in [9.17, 15) is 13.2 Å². The Bertz CT molecular complexity index is 556. The second kappa shape index (κ2) is 6.39. The molecular weight excluding hydrogens is 272 g/mol. The Morgan fingerprint density at radius 3 is 2.74 bits per heavy atom.